The van der Waals surface area contributed by atoms with E-state index < -0.39 is 17.6 Å². The quantitative estimate of drug-likeness (QED) is 0.807. The Morgan fingerprint density at radius 1 is 0.926 bits per heavy atom. The summed E-state index contributed by atoms with van der Waals surface area (Å²) in [5.74, 6) is -1.75. The molecule has 1 aliphatic heterocycles. The van der Waals surface area contributed by atoms with Crippen LogP contribution in [0, 0.1) is 5.82 Å². The van der Waals surface area contributed by atoms with Crippen molar-refractivity contribution in [2.45, 2.75) is 0 Å². The van der Waals surface area contributed by atoms with Crippen molar-refractivity contribution >= 4 is 40.7 Å². The van der Waals surface area contributed by atoms with E-state index in [1.54, 1.807) is 12.1 Å². The number of halogens is 3. The lowest BCUT2D eigenvalue weighted by molar-refractivity contribution is 0.0991. The first kappa shape index (κ1) is 21.0. The number of carbonyl (C=O) groups excluding carboxylic acids is 2. The largest absolute Gasteiger partial charge is 0.378 e. The minimum atomic E-state index is -0.727. The third-order valence-electron chi connectivity index (χ3n) is 3.79. The van der Waals surface area contributed by atoms with E-state index in [2.05, 4.69) is 4.90 Å². The molecule has 2 aromatic carbocycles. The summed E-state index contributed by atoms with van der Waals surface area (Å²) < 4.78 is 17.7. The van der Waals surface area contributed by atoms with Crippen molar-refractivity contribution in [3.63, 3.8) is 0 Å². The van der Waals surface area contributed by atoms with E-state index in [0.29, 0.717) is 23.8 Å². The van der Waals surface area contributed by atoms with Crippen LogP contribution in [0.5, 0.6) is 0 Å². The Bertz CT molecular complexity index is 843. The summed E-state index contributed by atoms with van der Waals surface area (Å²) in [7, 11) is 0. The van der Waals surface area contributed by atoms with Crippen LogP contribution in [0.15, 0.2) is 36.4 Å². The van der Waals surface area contributed by atoms with Gasteiger partial charge in [0.25, 0.3) is 0 Å². The maximum absolute atomic E-state index is 12.4. The molecule has 1 heterocycles. The smallest absolute Gasteiger partial charge is 0.250 e. The van der Waals surface area contributed by atoms with Crippen LogP contribution in [0.1, 0.15) is 20.7 Å². The minimum Gasteiger partial charge on any atom is -0.378 e. The molecule has 0 bridgehead atoms. The summed E-state index contributed by atoms with van der Waals surface area (Å²) in [5, 5.41) is 0.559. The Labute approximate surface area is 165 Å². The highest BCUT2D eigenvalue weighted by Crippen LogP contribution is 2.23. The average molecular weight is 414 g/mol. The van der Waals surface area contributed by atoms with Crippen molar-refractivity contribution < 1.29 is 18.7 Å². The molecule has 4 N–H and O–H groups in total. The van der Waals surface area contributed by atoms with Gasteiger partial charge < -0.3 is 21.1 Å². The molecule has 0 spiro atoms. The van der Waals surface area contributed by atoms with Crippen LogP contribution in [0.2, 0.25) is 10.0 Å². The number of morpholine rings is 1. The first-order valence-electron chi connectivity index (χ1n) is 7.96. The zero-order chi connectivity index (χ0) is 20.0. The van der Waals surface area contributed by atoms with Gasteiger partial charge in [-0.05, 0) is 36.4 Å². The predicted molar refractivity (Wildman–Crippen MR) is 103 cm³/mol. The average Bonchev–Trinajstić information content (AvgIpc) is 2.65. The second kappa shape index (κ2) is 9.55. The van der Waals surface area contributed by atoms with Crippen molar-refractivity contribution in [1.82, 2.24) is 0 Å². The van der Waals surface area contributed by atoms with Gasteiger partial charge in [-0.2, -0.15) is 0 Å². The molecule has 0 unspecified atom stereocenters. The molecule has 6 nitrogen and oxygen atoms in total. The molecular formula is C18H18Cl2FN3O3. The number of carbonyl (C=O) groups is 2. The van der Waals surface area contributed by atoms with Crippen molar-refractivity contribution in [3.8, 4) is 0 Å². The SMILES string of the molecule is NC(=O)c1cc(F)ccc1Cl.NC(=O)c1cc(N2CCOCC2)ccc1Cl. The van der Waals surface area contributed by atoms with Crippen LogP contribution in [0.4, 0.5) is 10.1 Å². The lowest BCUT2D eigenvalue weighted by Crippen LogP contribution is -2.36. The summed E-state index contributed by atoms with van der Waals surface area (Å²) in [6.07, 6.45) is 0. The normalized spacial score (nSPS) is 13.5. The molecule has 0 aliphatic carbocycles. The number of hydrogen-bond acceptors (Lipinski definition) is 4. The molecule has 0 saturated carbocycles. The highest BCUT2D eigenvalue weighted by atomic mass is 35.5. The summed E-state index contributed by atoms with van der Waals surface area (Å²) in [6, 6.07) is 8.78. The van der Waals surface area contributed by atoms with Crippen LogP contribution in [-0.2, 0) is 4.74 Å². The standard InChI is InChI=1S/C11H13ClN2O2.C7H5ClFNO/c12-10-2-1-8(7-9(10)11(13)15)14-3-5-16-6-4-14;8-6-2-1-4(9)3-5(6)7(10)11/h1-2,7H,3-6H2,(H2,13,15);1-3H,(H2,10,11). The van der Waals surface area contributed by atoms with Crippen LogP contribution < -0.4 is 16.4 Å². The lowest BCUT2D eigenvalue weighted by atomic mass is 10.1. The van der Waals surface area contributed by atoms with Gasteiger partial charge in [0.15, 0.2) is 0 Å². The molecule has 1 aliphatic rings. The van der Waals surface area contributed by atoms with E-state index in [1.165, 1.54) is 6.07 Å². The molecule has 0 aromatic heterocycles. The van der Waals surface area contributed by atoms with Crippen LogP contribution >= 0.6 is 23.2 Å². The first-order valence-corrected chi connectivity index (χ1v) is 8.72. The van der Waals surface area contributed by atoms with Gasteiger partial charge in [-0.1, -0.05) is 23.2 Å². The molecule has 1 fully saturated rings. The Kier molecular flexibility index (Phi) is 7.41. The maximum Gasteiger partial charge on any atom is 0.250 e. The van der Waals surface area contributed by atoms with E-state index in [-0.39, 0.29) is 10.6 Å². The van der Waals surface area contributed by atoms with Crippen LogP contribution in [0.25, 0.3) is 0 Å². The number of nitrogens with zero attached hydrogens (tertiary/aromatic N) is 1. The van der Waals surface area contributed by atoms with Gasteiger partial charge in [-0.25, -0.2) is 4.39 Å². The Morgan fingerprint density at radius 2 is 1.44 bits per heavy atom. The number of benzene rings is 2. The predicted octanol–water partition coefficient (Wildman–Crippen LogP) is 2.85. The van der Waals surface area contributed by atoms with Gasteiger partial charge in [0.2, 0.25) is 11.8 Å². The van der Waals surface area contributed by atoms with E-state index in [4.69, 9.17) is 39.4 Å². The van der Waals surface area contributed by atoms with Crippen LogP contribution in [-0.4, -0.2) is 38.1 Å². The van der Waals surface area contributed by atoms with E-state index >= 15 is 0 Å². The molecule has 1 saturated heterocycles. The monoisotopic (exact) mass is 413 g/mol. The molecule has 144 valence electrons. The van der Waals surface area contributed by atoms with Gasteiger partial charge in [-0.3, -0.25) is 9.59 Å². The number of ether oxygens (including phenoxy) is 1. The zero-order valence-electron chi connectivity index (χ0n) is 14.3. The van der Waals surface area contributed by atoms with E-state index in [9.17, 15) is 14.0 Å². The first-order chi connectivity index (χ1) is 12.8. The molecule has 9 heteroatoms. The van der Waals surface area contributed by atoms with Crippen molar-refractivity contribution in [3.05, 3.63) is 63.4 Å². The summed E-state index contributed by atoms with van der Waals surface area (Å²) in [4.78, 5) is 23.8. The Balaban J connectivity index is 0.000000208. The number of anilines is 1. The van der Waals surface area contributed by atoms with Gasteiger partial charge in [0.1, 0.15) is 5.82 Å². The fraction of sp³-hybridized carbons (Fsp3) is 0.222. The summed E-state index contributed by atoms with van der Waals surface area (Å²) >= 11 is 11.4. The van der Waals surface area contributed by atoms with Crippen LogP contribution in [0.3, 0.4) is 0 Å². The molecule has 2 amide bonds. The summed E-state index contributed by atoms with van der Waals surface area (Å²) in [6.45, 7) is 3.04. The topological polar surface area (TPSA) is 98.7 Å². The highest BCUT2D eigenvalue weighted by Gasteiger charge is 2.14. The highest BCUT2D eigenvalue weighted by molar-refractivity contribution is 6.34. The second-order valence-electron chi connectivity index (χ2n) is 5.62. The molecule has 0 atom stereocenters. The lowest BCUT2D eigenvalue weighted by Gasteiger charge is -2.29. The third-order valence-corrected chi connectivity index (χ3v) is 4.44. The number of hydrogen-bond donors (Lipinski definition) is 2. The molecule has 27 heavy (non-hydrogen) atoms. The Morgan fingerprint density at radius 3 is 1.96 bits per heavy atom. The maximum atomic E-state index is 12.4. The second-order valence-corrected chi connectivity index (χ2v) is 6.43. The number of rotatable bonds is 3. The van der Waals surface area contributed by atoms with Crippen molar-refractivity contribution in [1.29, 1.82) is 0 Å². The third kappa shape index (κ3) is 5.82. The molecule has 3 rings (SSSR count). The number of nitrogens with two attached hydrogens (primary N) is 2. The number of amides is 2. The minimum absolute atomic E-state index is 0.00617. The van der Waals surface area contributed by atoms with Gasteiger partial charge in [-0.15, -0.1) is 0 Å². The molecular weight excluding hydrogens is 396 g/mol. The summed E-state index contributed by atoms with van der Waals surface area (Å²) in [5.41, 5.74) is 11.5. The van der Waals surface area contributed by atoms with Gasteiger partial charge >= 0.3 is 0 Å². The Hall–Kier alpha value is -2.35. The number of primary amides is 2. The fourth-order valence-electron chi connectivity index (χ4n) is 2.41. The molecule has 2 aromatic rings. The van der Waals surface area contributed by atoms with Gasteiger partial charge in [0.05, 0.1) is 34.4 Å². The van der Waals surface area contributed by atoms with Crippen molar-refractivity contribution in [2.24, 2.45) is 11.5 Å². The fourth-order valence-corrected chi connectivity index (χ4v) is 2.83. The molecule has 0 radical (unpaired) electrons. The van der Waals surface area contributed by atoms with E-state index in [1.807, 2.05) is 6.07 Å². The van der Waals surface area contributed by atoms with E-state index in [0.717, 1.165) is 30.9 Å². The van der Waals surface area contributed by atoms with Gasteiger partial charge in [0, 0.05) is 18.8 Å². The van der Waals surface area contributed by atoms with Crippen molar-refractivity contribution in [2.75, 3.05) is 31.2 Å². The zero-order valence-corrected chi connectivity index (χ0v) is 15.8.